The normalized spacial score (nSPS) is 12.2. The van der Waals surface area contributed by atoms with Crippen LogP contribution >= 0.6 is 0 Å². The molecule has 2 aromatic heterocycles. The molecule has 0 bridgehead atoms. The molecule has 0 aliphatic rings. The van der Waals surface area contributed by atoms with E-state index < -0.39 is 17.8 Å². The molecule has 0 spiro atoms. The molecule has 31 heavy (non-hydrogen) atoms. The van der Waals surface area contributed by atoms with Crippen molar-refractivity contribution >= 4 is 28.4 Å². The average molecular weight is 420 g/mol. The van der Waals surface area contributed by atoms with Gasteiger partial charge in [-0.25, -0.2) is 19.0 Å². The number of rotatable bonds is 4. The van der Waals surface area contributed by atoms with Crippen molar-refractivity contribution < 1.29 is 14.3 Å². The van der Waals surface area contributed by atoms with Gasteiger partial charge in [-0.05, 0) is 61.7 Å². The number of carbonyl (C=O) groups excluding carboxylic acids is 1. The lowest BCUT2D eigenvalue weighted by Crippen LogP contribution is -2.21. The predicted octanol–water partition coefficient (Wildman–Crippen LogP) is 3.13. The highest BCUT2D eigenvalue weighted by atomic mass is 19.1. The van der Waals surface area contributed by atoms with Crippen molar-refractivity contribution in [2.24, 2.45) is 0 Å². The second-order valence-corrected chi connectivity index (χ2v) is 7.36. The standard InChI is InChI=1S/C22H21FN6O2/c1-11-4-5-14(9-16(11)23)20(30)22(31)27-15-6-7-17(12(2)8-15)29-19-18(13(3)28-29)25-10-26-21(19)24/h4-10,20,30H,1-3H3,(H,27,31)(H2,24,25,26). The fourth-order valence-corrected chi connectivity index (χ4v) is 3.40. The fraction of sp³-hybridized carbons (Fsp3) is 0.182. The van der Waals surface area contributed by atoms with Gasteiger partial charge in [0.2, 0.25) is 0 Å². The summed E-state index contributed by atoms with van der Waals surface area (Å²) in [5.41, 5.74) is 10.7. The van der Waals surface area contributed by atoms with Crippen LogP contribution in [0.2, 0.25) is 0 Å². The highest BCUT2D eigenvalue weighted by Gasteiger charge is 2.20. The van der Waals surface area contributed by atoms with E-state index in [9.17, 15) is 14.3 Å². The van der Waals surface area contributed by atoms with Crippen molar-refractivity contribution in [1.29, 1.82) is 0 Å². The lowest BCUT2D eigenvalue weighted by Gasteiger charge is -2.14. The van der Waals surface area contributed by atoms with Gasteiger partial charge in [0.25, 0.3) is 5.91 Å². The Kier molecular flexibility index (Phi) is 5.12. The quantitative estimate of drug-likeness (QED) is 0.467. The minimum atomic E-state index is -1.50. The maximum absolute atomic E-state index is 13.8. The Labute approximate surface area is 177 Å². The van der Waals surface area contributed by atoms with Crippen LogP contribution in [0.3, 0.4) is 0 Å². The lowest BCUT2D eigenvalue weighted by atomic mass is 10.1. The molecule has 0 radical (unpaired) electrons. The molecule has 0 aliphatic carbocycles. The number of benzene rings is 2. The Morgan fingerprint density at radius 3 is 2.61 bits per heavy atom. The molecule has 4 N–H and O–H groups in total. The van der Waals surface area contributed by atoms with Crippen LogP contribution in [0, 0.1) is 26.6 Å². The summed E-state index contributed by atoms with van der Waals surface area (Å²) < 4.78 is 15.4. The van der Waals surface area contributed by atoms with Crippen LogP contribution in [0.15, 0.2) is 42.7 Å². The number of hydrogen-bond donors (Lipinski definition) is 3. The Balaban J connectivity index is 1.61. The van der Waals surface area contributed by atoms with E-state index in [0.29, 0.717) is 33.8 Å². The van der Waals surface area contributed by atoms with Crippen LogP contribution in [-0.2, 0) is 4.79 Å². The molecule has 1 atom stereocenters. The molecule has 2 aromatic carbocycles. The van der Waals surface area contributed by atoms with Gasteiger partial charge in [-0.3, -0.25) is 4.79 Å². The van der Waals surface area contributed by atoms with Crippen LogP contribution in [0.1, 0.15) is 28.5 Å². The van der Waals surface area contributed by atoms with Gasteiger partial charge in [0.05, 0.1) is 11.4 Å². The van der Waals surface area contributed by atoms with Crippen LogP contribution in [0.25, 0.3) is 16.7 Å². The number of halogens is 1. The number of nitrogen functional groups attached to an aromatic ring is 1. The van der Waals surface area contributed by atoms with Gasteiger partial charge in [0.1, 0.15) is 23.2 Å². The number of aryl methyl sites for hydroxylation is 3. The smallest absolute Gasteiger partial charge is 0.257 e. The minimum Gasteiger partial charge on any atom is -0.382 e. The summed E-state index contributed by atoms with van der Waals surface area (Å²) in [5.74, 6) is -0.821. The SMILES string of the molecule is Cc1ccc(C(O)C(=O)Nc2ccc(-n3nc(C)c4ncnc(N)c43)c(C)c2)cc1F. The Morgan fingerprint density at radius 2 is 1.90 bits per heavy atom. The molecule has 0 fully saturated rings. The second-order valence-electron chi connectivity index (χ2n) is 7.36. The lowest BCUT2D eigenvalue weighted by molar-refractivity contribution is -0.124. The van der Waals surface area contributed by atoms with Gasteiger partial charge in [0, 0.05) is 5.69 Å². The molecule has 4 rings (SSSR count). The summed E-state index contributed by atoms with van der Waals surface area (Å²) in [6.45, 7) is 5.31. The summed E-state index contributed by atoms with van der Waals surface area (Å²) in [4.78, 5) is 20.8. The minimum absolute atomic E-state index is 0.183. The molecule has 0 saturated heterocycles. The third-order valence-corrected chi connectivity index (χ3v) is 5.11. The molecular formula is C22H21FN6O2. The highest BCUT2D eigenvalue weighted by Crippen LogP contribution is 2.27. The van der Waals surface area contributed by atoms with Crippen molar-refractivity contribution in [1.82, 2.24) is 19.7 Å². The average Bonchev–Trinajstić information content (AvgIpc) is 3.07. The number of nitrogens with two attached hydrogens (primary N) is 1. The first kappa shape index (κ1) is 20.4. The van der Waals surface area contributed by atoms with E-state index in [1.807, 2.05) is 13.8 Å². The molecule has 0 aliphatic heterocycles. The summed E-state index contributed by atoms with van der Waals surface area (Å²) in [6, 6.07) is 9.41. The third kappa shape index (κ3) is 3.71. The zero-order valence-corrected chi connectivity index (χ0v) is 17.2. The van der Waals surface area contributed by atoms with E-state index in [1.54, 1.807) is 29.8 Å². The van der Waals surface area contributed by atoms with E-state index in [2.05, 4.69) is 20.4 Å². The van der Waals surface area contributed by atoms with E-state index in [-0.39, 0.29) is 5.56 Å². The zero-order chi connectivity index (χ0) is 22.3. The maximum Gasteiger partial charge on any atom is 0.257 e. The summed E-state index contributed by atoms with van der Waals surface area (Å²) >= 11 is 0. The zero-order valence-electron chi connectivity index (χ0n) is 17.2. The first-order valence-corrected chi connectivity index (χ1v) is 9.58. The first-order chi connectivity index (χ1) is 14.8. The molecule has 158 valence electrons. The molecule has 8 nitrogen and oxygen atoms in total. The Hall–Kier alpha value is -3.85. The molecule has 1 amide bonds. The Bertz CT molecular complexity index is 1320. The van der Waals surface area contributed by atoms with Crippen molar-refractivity contribution in [2.75, 3.05) is 11.1 Å². The second kappa shape index (κ2) is 7.77. The summed E-state index contributed by atoms with van der Waals surface area (Å²) in [5, 5.41) is 17.5. The number of aliphatic hydroxyl groups excluding tert-OH is 1. The van der Waals surface area contributed by atoms with Crippen LogP contribution in [-0.4, -0.2) is 30.8 Å². The van der Waals surface area contributed by atoms with Crippen LogP contribution in [0.5, 0.6) is 0 Å². The van der Waals surface area contributed by atoms with Crippen LogP contribution in [0.4, 0.5) is 15.9 Å². The van der Waals surface area contributed by atoms with Gasteiger partial charge in [-0.1, -0.05) is 12.1 Å². The Morgan fingerprint density at radius 1 is 1.13 bits per heavy atom. The molecular weight excluding hydrogens is 399 g/mol. The van der Waals surface area contributed by atoms with Gasteiger partial charge >= 0.3 is 0 Å². The number of nitrogens with one attached hydrogen (secondary N) is 1. The molecule has 1 unspecified atom stereocenters. The van der Waals surface area contributed by atoms with Crippen molar-refractivity contribution in [2.45, 2.75) is 26.9 Å². The van der Waals surface area contributed by atoms with Crippen LogP contribution < -0.4 is 11.1 Å². The van der Waals surface area contributed by atoms with Crippen molar-refractivity contribution in [3.63, 3.8) is 0 Å². The number of amides is 1. The maximum atomic E-state index is 13.8. The number of carbonyl (C=O) groups is 1. The van der Waals surface area contributed by atoms with E-state index in [1.165, 1.54) is 18.5 Å². The van der Waals surface area contributed by atoms with E-state index in [4.69, 9.17) is 5.73 Å². The highest BCUT2D eigenvalue weighted by molar-refractivity contribution is 5.95. The number of aromatic nitrogens is 4. The number of anilines is 2. The number of fused-ring (bicyclic) bond motifs is 1. The first-order valence-electron chi connectivity index (χ1n) is 9.58. The summed E-state index contributed by atoms with van der Waals surface area (Å²) in [6.07, 6.45) is -0.0994. The van der Waals surface area contributed by atoms with Gasteiger partial charge in [-0.2, -0.15) is 5.10 Å². The number of nitrogens with zero attached hydrogens (tertiary/aromatic N) is 4. The van der Waals surface area contributed by atoms with E-state index >= 15 is 0 Å². The number of hydrogen-bond acceptors (Lipinski definition) is 6. The van der Waals surface area contributed by atoms with Gasteiger partial charge < -0.3 is 16.2 Å². The third-order valence-electron chi connectivity index (χ3n) is 5.11. The summed E-state index contributed by atoms with van der Waals surface area (Å²) in [7, 11) is 0. The fourth-order valence-electron chi connectivity index (χ4n) is 3.40. The van der Waals surface area contributed by atoms with Gasteiger partial charge in [0.15, 0.2) is 11.9 Å². The largest absolute Gasteiger partial charge is 0.382 e. The monoisotopic (exact) mass is 420 g/mol. The number of aliphatic hydroxyl groups is 1. The van der Waals surface area contributed by atoms with Crippen molar-refractivity contribution in [3.8, 4) is 5.69 Å². The molecule has 9 heteroatoms. The topological polar surface area (TPSA) is 119 Å². The van der Waals surface area contributed by atoms with Gasteiger partial charge in [-0.15, -0.1) is 0 Å². The van der Waals surface area contributed by atoms with E-state index in [0.717, 1.165) is 17.3 Å². The molecule has 0 saturated carbocycles. The predicted molar refractivity (Wildman–Crippen MR) is 115 cm³/mol. The molecule has 2 heterocycles. The molecule has 4 aromatic rings. The van der Waals surface area contributed by atoms with Crippen molar-refractivity contribution in [3.05, 3.63) is 70.9 Å².